The average molecular weight is 285 g/mol. The summed E-state index contributed by atoms with van der Waals surface area (Å²) in [5.74, 6) is 0.386. The van der Waals surface area contributed by atoms with Gasteiger partial charge >= 0.3 is 0 Å². The van der Waals surface area contributed by atoms with Crippen molar-refractivity contribution in [3.63, 3.8) is 0 Å². The average Bonchev–Trinajstić information content (AvgIpc) is 3.27. The van der Waals surface area contributed by atoms with Crippen LogP contribution in [0.15, 0.2) is 24.4 Å². The van der Waals surface area contributed by atoms with E-state index in [-0.39, 0.29) is 0 Å². The fourth-order valence-electron chi connectivity index (χ4n) is 3.00. The van der Waals surface area contributed by atoms with Crippen LogP contribution < -0.4 is 0 Å². The van der Waals surface area contributed by atoms with Crippen molar-refractivity contribution in [2.75, 3.05) is 6.61 Å². The van der Waals surface area contributed by atoms with Gasteiger partial charge in [-0.3, -0.25) is 0 Å². The van der Waals surface area contributed by atoms with Gasteiger partial charge in [-0.15, -0.1) is 5.10 Å². The van der Waals surface area contributed by atoms with Crippen LogP contribution in [0.1, 0.15) is 41.3 Å². The van der Waals surface area contributed by atoms with Crippen molar-refractivity contribution in [1.29, 1.82) is 0 Å². The largest absolute Gasteiger partial charge is 0.386 e. The minimum Gasteiger partial charge on any atom is -0.386 e. The molecule has 0 radical (unpaired) electrons. The van der Waals surface area contributed by atoms with Gasteiger partial charge in [0.1, 0.15) is 11.8 Å². The van der Waals surface area contributed by atoms with Crippen LogP contribution in [0.5, 0.6) is 0 Å². The van der Waals surface area contributed by atoms with Gasteiger partial charge in [0.15, 0.2) is 0 Å². The number of ether oxygens (including phenoxy) is 1. The number of nitrogens with zero attached hydrogens (tertiary/aromatic N) is 3. The maximum absolute atomic E-state index is 10.1. The predicted molar refractivity (Wildman–Crippen MR) is 76.6 cm³/mol. The van der Waals surface area contributed by atoms with E-state index in [1.165, 1.54) is 16.7 Å². The summed E-state index contributed by atoms with van der Waals surface area (Å²) in [5.41, 5.74) is 4.62. The third-order valence-electron chi connectivity index (χ3n) is 4.38. The highest BCUT2D eigenvalue weighted by Crippen LogP contribution is 2.40. The number of hydrogen-bond acceptors (Lipinski definition) is 4. The van der Waals surface area contributed by atoms with Crippen LogP contribution in [0.4, 0.5) is 0 Å². The molecule has 21 heavy (non-hydrogen) atoms. The fourth-order valence-corrected chi connectivity index (χ4v) is 3.00. The first-order valence-corrected chi connectivity index (χ1v) is 7.57. The second-order valence-corrected chi connectivity index (χ2v) is 5.98. The molecule has 2 aliphatic rings. The zero-order valence-corrected chi connectivity index (χ0v) is 11.9. The van der Waals surface area contributed by atoms with Gasteiger partial charge in [0, 0.05) is 0 Å². The molecule has 0 spiro atoms. The van der Waals surface area contributed by atoms with Crippen molar-refractivity contribution in [1.82, 2.24) is 15.0 Å². The van der Waals surface area contributed by atoms with E-state index in [0.29, 0.717) is 24.8 Å². The highest BCUT2D eigenvalue weighted by molar-refractivity contribution is 5.36. The lowest BCUT2D eigenvalue weighted by molar-refractivity contribution is 0.110. The molecule has 5 heteroatoms. The molecule has 1 aromatic carbocycles. The van der Waals surface area contributed by atoms with E-state index >= 15 is 0 Å². The summed E-state index contributed by atoms with van der Waals surface area (Å²) in [5, 5.41) is 18.4. The van der Waals surface area contributed by atoms with Crippen LogP contribution in [0.2, 0.25) is 0 Å². The van der Waals surface area contributed by atoms with Gasteiger partial charge in [-0.25, -0.2) is 4.68 Å². The Hall–Kier alpha value is -1.72. The Morgan fingerprint density at radius 2 is 2.29 bits per heavy atom. The first-order chi connectivity index (χ1) is 10.3. The number of benzene rings is 1. The predicted octanol–water partition coefficient (Wildman–Crippen LogP) is 1.84. The van der Waals surface area contributed by atoms with Crippen LogP contribution in [-0.2, 0) is 24.3 Å². The highest BCUT2D eigenvalue weighted by atomic mass is 16.5. The molecule has 0 amide bonds. The van der Waals surface area contributed by atoms with Crippen LogP contribution in [0.3, 0.4) is 0 Å². The van der Waals surface area contributed by atoms with E-state index in [9.17, 15) is 5.11 Å². The Morgan fingerprint density at radius 3 is 3.14 bits per heavy atom. The summed E-state index contributed by atoms with van der Waals surface area (Å²) < 4.78 is 7.33. The van der Waals surface area contributed by atoms with Gasteiger partial charge in [0.05, 0.1) is 26.0 Å². The molecule has 110 valence electrons. The number of aliphatic hydroxyl groups excluding tert-OH is 1. The Labute approximate surface area is 123 Å². The highest BCUT2D eigenvalue weighted by Gasteiger charge is 2.32. The maximum Gasteiger partial charge on any atom is 0.111 e. The molecule has 1 aromatic heterocycles. The third-order valence-corrected chi connectivity index (χ3v) is 4.38. The van der Waals surface area contributed by atoms with Gasteiger partial charge in [0.2, 0.25) is 0 Å². The second kappa shape index (κ2) is 5.24. The number of aliphatic hydroxyl groups is 1. The quantitative estimate of drug-likeness (QED) is 0.931. The minimum atomic E-state index is -0.447. The van der Waals surface area contributed by atoms with E-state index in [2.05, 4.69) is 28.5 Å². The maximum atomic E-state index is 10.1. The van der Waals surface area contributed by atoms with Gasteiger partial charge in [-0.2, -0.15) is 0 Å². The van der Waals surface area contributed by atoms with Crippen molar-refractivity contribution in [3.8, 4) is 0 Å². The minimum absolute atomic E-state index is 0.386. The van der Waals surface area contributed by atoms with Crippen LogP contribution in [-0.4, -0.2) is 26.7 Å². The zero-order chi connectivity index (χ0) is 14.2. The molecule has 1 fully saturated rings. The smallest absolute Gasteiger partial charge is 0.111 e. The van der Waals surface area contributed by atoms with Gasteiger partial charge in [-0.1, -0.05) is 23.4 Å². The molecule has 1 N–H and O–H groups in total. The molecular formula is C16H19N3O2. The normalized spacial score (nSPS) is 19.3. The molecule has 1 saturated carbocycles. The number of hydrogen-bond donors (Lipinski definition) is 1. The summed E-state index contributed by atoms with van der Waals surface area (Å²) in [6, 6.07) is 6.34. The SMILES string of the molecule is OC(c1cn(Cc2cccc3c2CCOC3)nn1)C1CC1. The summed E-state index contributed by atoms with van der Waals surface area (Å²) in [4.78, 5) is 0. The lowest BCUT2D eigenvalue weighted by Crippen LogP contribution is -2.14. The van der Waals surface area contributed by atoms with Crippen LogP contribution >= 0.6 is 0 Å². The van der Waals surface area contributed by atoms with E-state index < -0.39 is 6.10 Å². The molecule has 2 aromatic rings. The van der Waals surface area contributed by atoms with E-state index in [1.807, 2.05) is 10.9 Å². The molecule has 0 bridgehead atoms. The first kappa shape index (κ1) is 13.0. The molecular weight excluding hydrogens is 266 g/mol. The number of fused-ring (bicyclic) bond motifs is 1. The lowest BCUT2D eigenvalue weighted by atomic mass is 9.97. The monoisotopic (exact) mass is 285 g/mol. The molecule has 1 atom stereocenters. The molecule has 0 saturated heterocycles. The fraction of sp³-hybridized carbons (Fsp3) is 0.500. The van der Waals surface area contributed by atoms with E-state index in [1.54, 1.807) is 0 Å². The summed E-state index contributed by atoms with van der Waals surface area (Å²) in [7, 11) is 0. The van der Waals surface area contributed by atoms with Gasteiger partial charge in [-0.05, 0) is 41.9 Å². The zero-order valence-electron chi connectivity index (χ0n) is 11.9. The third kappa shape index (κ3) is 2.59. The molecule has 4 rings (SSSR count). The Kier molecular flexibility index (Phi) is 3.24. The van der Waals surface area contributed by atoms with Crippen LogP contribution in [0.25, 0.3) is 0 Å². The second-order valence-electron chi connectivity index (χ2n) is 5.98. The number of aromatic nitrogens is 3. The summed E-state index contributed by atoms with van der Waals surface area (Å²) in [6.45, 7) is 2.19. The van der Waals surface area contributed by atoms with Crippen molar-refractivity contribution in [2.45, 2.75) is 38.5 Å². The van der Waals surface area contributed by atoms with E-state index in [0.717, 1.165) is 25.9 Å². The molecule has 1 aliphatic carbocycles. The van der Waals surface area contributed by atoms with Crippen molar-refractivity contribution in [3.05, 3.63) is 46.8 Å². The molecule has 1 unspecified atom stereocenters. The lowest BCUT2D eigenvalue weighted by Gasteiger charge is -2.19. The van der Waals surface area contributed by atoms with Crippen molar-refractivity contribution < 1.29 is 9.84 Å². The van der Waals surface area contributed by atoms with Crippen molar-refractivity contribution in [2.24, 2.45) is 5.92 Å². The van der Waals surface area contributed by atoms with E-state index in [4.69, 9.17) is 4.74 Å². The van der Waals surface area contributed by atoms with Crippen molar-refractivity contribution >= 4 is 0 Å². The topological polar surface area (TPSA) is 60.2 Å². The van der Waals surface area contributed by atoms with Gasteiger partial charge < -0.3 is 9.84 Å². The molecule has 1 aliphatic heterocycles. The first-order valence-electron chi connectivity index (χ1n) is 7.57. The summed E-state index contributed by atoms with van der Waals surface area (Å²) >= 11 is 0. The molecule has 2 heterocycles. The summed E-state index contributed by atoms with van der Waals surface area (Å²) in [6.07, 6.45) is 4.58. The Balaban J connectivity index is 1.56. The van der Waals surface area contributed by atoms with Gasteiger partial charge in [0.25, 0.3) is 0 Å². The van der Waals surface area contributed by atoms with Crippen LogP contribution in [0, 0.1) is 5.92 Å². The molecule has 5 nitrogen and oxygen atoms in total. The number of rotatable bonds is 4. The Morgan fingerprint density at radius 1 is 1.38 bits per heavy atom. The Bertz CT molecular complexity index is 649. The standard InChI is InChI=1S/C16H19N3O2/c20-16(11-4-5-11)15-9-19(18-17-15)8-12-2-1-3-13-10-21-7-6-14(12)13/h1-3,9,11,16,20H,4-8,10H2.